The number of rotatable bonds is 9. The minimum absolute atomic E-state index is 0.684. The molecule has 0 saturated carbocycles. The van der Waals surface area contributed by atoms with Crippen LogP contribution in [-0.4, -0.2) is 12.3 Å². The topological polar surface area (TPSA) is 12.0 Å². The van der Waals surface area contributed by atoms with Crippen LogP contribution >= 0.6 is 23.4 Å². The van der Waals surface area contributed by atoms with Gasteiger partial charge >= 0.3 is 0 Å². The molecular weight excluding hydrogens is 274 g/mol. The van der Waals surface area contributed by atoms with Gasteiger partial charge in [-0.1, -0.05) is 51.3 Å². The van der Waals surface area contributed by atoms with E-state index in [9.17, 15) is 0 Å². The number of unbranched alkanes of at least 4 members (excludes halogenated alkanes) is 2. The van der Waals surface area contributed by atoms with Crippen molar-refractivity contribution in [1.82, 2.24) is 5.32 Å². The Morgan fingerprint density at radius 3 is 2.68 bits per heavy atom. The highest BCUT2D eigenvalue weighted by atomic mass is 35.5. The Hall–Kier alpha value is -0.180. The fraction of sp³-hybridized carbons (Fsp3) is 0.625. The summed E-state index contributed by atoms with van der Waals surface area (Å²) in [5.74, 6) is 1.85. The quantitative estimate of drug-likeness (QED) is 0.486. The molecule has 0 atom stereocenters. The van der Waals surface area contributed by atoms with Crippen molar-refractivity contribution in [3.8, 4) is 0 Å². The smallest absolute Gasteiger partial charge is 0.0545 e. The third-order valence-electron chi connectivity index (χ3n) is 2.88. The van der Waals surface area contributed by atoms with Crippen LogP contribution in [0, 0.1) is 5.92 Å². The SMILES string of the molecule is CCCCCSc1ccc(CNCC(C)C)cc1Cl. The summed E-state index contributed by atoms with van der Waals surface area (Å²) in [4.78, 5) is 1.21. The number of benzene rings is 1. The summed E-state index contributed by atoms with van der Waals surface area (Å²) in [6, 6.07) is 6.43. The molecule has 0 aliphatic heterocycles. The molecule has 0 aromatic heterocycles. The summed E-state index contributed by atoms with van der Waals surface area (Å²) in [5.41, 5.74) is 1.27. The minimum atomic E-state index is 0.684. The lowest BCUT2D eigenvalue weighted by Gasteiger charge is -2.09. The molecule has 1 aromatic carbocycles. The van der Waals surface area contributed by atoms with Crippen LogP contribution < -0.4 is 5.32 Å². The zero-order chi connectivity index (χ0) is 14.1. The molecule has 108 valence electrons. The van der Waals surface area contributed by atoms with Gasteiger partial charge in [-0.05, 0) is 42.3 Å². The molecule has 1 nitrogen and oxygen atoms in total. The second-order valence-electron chi connectivity index (χ2n) is 5.35. The Bertz CT molecular complexity index is 366. The standard InChI is InChI=1S/C16H26ClNS/c1-4-5-6-9-19-16-8-7-14(10-15(16)17)12-18-11-13(2)3/h7-8,10,13,18H,4-6,9,11-12H2,1-3H3. The first-order chi connectivity index (χ1) is 9.13. The van der Waals surface area contributed by atoms with Gasteiger partial charge in [0, 0.05) is 11.4 Å². The number of thioether (sulfide) groups is 1. The number of nitrogens with one attached hydrogen (secondary N) is 1. The molecule has 0 amide bonds. The van der Waals surface area contributed by atoms with Crippen LogP contribution in [0.1, 0.15) is 45.6 Å². The van der Waals surface area contributed by atoms with E-state index in [2.05, 4.69) is 44.3 Å². The lowest BCUT2D eigenvalue weighted by atomic mass is 10.2. The molecule has 0 radical (unpaired) electrons. The largest absolute Gasteiger partial charge is 0.312 e. The van der Waals surface area contributed by atoms with Crippen LogP contribution in [-0.2, 0) is 6.54 Å². The first-order valence-corrected chi connectivity index (χ1v) is 8.61. The molecule has 0 spiro atoms. The molecule has 0 bridgehead atoms. The highest BCUT2D eigenvalue weighted by molar-refractivity contribution is 7.99. The van der Waals surface area contributed by atoms with Gasteiger partial charge in [-0.25, -0.2) is 0 Å². The summed E-state index contributed by atoms with van der Waals surface area (Å²) in [6.07, 6.45) is 3.85. The van der Waals surface area contributed by atoms with E-state index >= 15 is 0 Å². The van der Waals surface area contributed by atoms with Gasteiger partial charge in [-0.3, -0.25) is 0 Å². The van der Waals surface area contributed by atoms with Crippen LogP contribution in [0.2, 0.25) is 5.02 Å². The summed E-state index contributed by atoms with van der Waals surface area (Å²) >= 11 is 8.21. The van der Waals surface area contributed by atoms with Gasteiger partial charge in [0.25, 0.3) is 0 Å². The zero-order valence-electron chi connectivity index (χ0n) is 12.3. The molecule has 0 fully saturated rings. The van der Waals surface area contributed by atoms with Crippen molar-refractivity contribution in [2.75, 3.05) is 12.3 Å². The summed E-state index contributed by atoms with van der Waals surface area (Å²) in [5, 5.41) is 4.34. The first-order valence-electron chi connectivity index (χ1n) is 7.25. The van der Waals surface area contributed by atoms with Crippen LogP contribution in [0.3, 0.4) is 0 Å². The summed E-state index contributed by atoms with van der Waals surface area (Å²) in [6.45, 7) is 8.62. The maximum absolute atomic E-state index is 6.34. The predicted octanol–water partition coefficient (Wildman–Crippen LogP) is 5.37. The maximum Gasteiger partial charge on any atom is 0.0545 e. The van der Waals surface area contributed by atoms with Gasteiger partial charge in [0.05, 0.1) is 5.02 Å². The third-order valence-corrected chi connectivity index (χ3v) is 4.47. The first kappa shape index (κ1) is 16.9. The van der Waals surface area contributed by atoms with Gasteiger partial charge in [0.1, 0.15) is 0 Å². The van der Waals surface area contributed by atoms with Gasteiger partial charge < -0.3 is 5.32 Å². The number of hydrogen-bond donors (Lipinski definition) is 1. The van der Waals surface area contributed by atoms with E-state index in [1.807, 2.05) is 11.8 Å². The van der Waals surface area contributed by atoms with Crippen molar-refractivity contribution in [3.63, 3.8) is 0 Å². The van der Waals surface area contributed by atoms with Crippen molar-refractivity contribution >= 4 is 23.4 Å². The van der Waals surface area contributed by atoms with E-state index in [-0.39, 0.29) is 0 Å². The second kappa shape index (κ2) is 9.68. The molecule has 19 heavy (non-hydrogen) atoms. The van der Waals surface area contributed by atoms with Crippen molar-refractivity contribution < 1.29 is 0 Å². The molecule has 1 rings (SSSR count). The monoisotopic (exact) mass is 299 g/mol. The van der Waals surface area contributed by atoms with E-state index in [1.165, 1.54) is 35.5 Å². The summed E-state index contributed by atoms with van der Waals surface area (Å²) < 4.78 is 0. The fourth-order valence-corrected chi connectivity index (χ4v) is 3.11. The normalized spacial score (nSPS) is 11.2. The van der Waals surface area contributed by atoms with Crippen molar-refractivity contribution in [1.29, 1.82) is 0 Å². The van der Waals surface area contributed by atoms with E-state index in [1.54, 1.807) is 0 Å². The number of hydrogen-bond acceptors (Lipinski definition) is 2. The lowest BCUT2D eigenvalue weighted by molar-refractivity contribution is 0.552. The van der Waals surface area contributed by atoms with Crippen LogP contribution in [0.5, 0.6) is 0 Å². The van der Waals surface area contributed by atoms with E-state index < -0.39 is 0 Å². The van der Waals surface area contributed by atoms with Gasteiger partial charge in [0.15, 0.2) is 0 Å². The molecule has 0 unspecified atom stereocenters. The fourth-order valence-electron chi connectivity index (χ4n) is 1.81. The Kier molecular flexibility index (Phi) is 8.60. The van der Waals surface area contributed by atoms with Gasteiger partial charge in [-0.15, -0.1) is 11.8 Å². The van der Waals surface area contributed by atoms with Gasteiger partial charge in [0.2, 0.25) is 0 Å². The lowest BCUT2D eigenvalue weighted by Crippen LogP contribution is -2.18. The molecule has 0 aliphatic carbocycles. The average molecular weight is 300 g/mol. The molecule has 0 saturated heterocycles. The number of halogens is 1. The highest BCUT2D eigenvalue weighted by Gasteiger charge is 2.03. The highest BCUT2D eigenvalue weighted by Crippen LogP contribution is 2.28. The van der Waals surface area contributed by atoms with Gasteiger partial charge in [-0.2, -0.15) is 0 Å². The Labute approximate surface area is 127 Å². The molecular formula is C16H26ClNS. The van der Waals surface area contributed by atoms with E-state index in [4.69, 9.17) is 11.6 Å². The molecule has 1 aromatic rings. The Morgan fingerprint density at radius 1 is 1.26 bits per heavy atom. The van der Waals surface area contributed by atoms with Crippen LogP contribution in [0.25, 0.3) is 0 Å². The predicted molar refractivity (Wildman–Crippen MR) is 88.2 cm³/mol. The molecule has 3 heteroatoms. The minimum Gasteiger partial charge on any atom is -0.312 e. The van der Waals surface area contributed by atoms with E-state index in [0.29, 0.717) is 5.92 Å². The molecule has 1 N–H and O–H groups in total. The Morgan fingerprint density at radius 2 is 2.05 bits per heavy atom. The van der Waals surface area contributed by atoms with E-state index in [0.717, 1.165) is 18.1 Å². The van der Waals surface area contributed by atoms with Crippen molar-refractivity contribution in [2.45, 2.75) is 51.5 Å². The zero-order valence-corrected chi connectivity index (χ0v) is 13.9. The summed E-state index contributed by atoms with van der Waals surface area (Å²) in [7, 11) is 0. The van der Waals surface area contributed by atoms with Crippen LogP contribution in [0.15, 0.2) is 23.1 Å². The third kappa shape index (κ3) is 7.24. The average Bonchev–Trinajstić information content (AvgIpc) is 2.36. The molecule has 0 aliphatic rings. The maximum atomic E-state index is 6.34. The van der Waals surface area contributed by atoms with Crippen LogP contribution in [0.4, 0.5) is 0 Å². The second-order valence-corrected chi connectivity index (χ2v) is 6.89. The van der Waals surface area contributed by atoms with Crippen molar-refractivity contribution in [2.24, 2.45) is 5.92 Å². The van der Waals surface area contributed by atoms with Crippen molar-refractivity contribution in [3.05, 3.63) is 28.8 Å². The Balaban J connectivity index is 2.40. The molecule has 0 heterocycles.